The van der Waals surface area contributed by atoms with Crippen LogP contribution in [0.2, 0.25) is 0 Å². The highest BCUT2D eigenvalue weighted by molar-refractivity contribution is 5.69. The molecule has 1 fully saturated rings. The average molecular weight is 474 g/mol. The number of rotatable bonds is 14. The zero-order valence-corrected chi connectivity index (χ0v) is 23.1. The van der Waals surface area contributed by atoms with E-state index < -0.39 is 0 Å². The van der Waals surface area contributed by atoms with E-state index in [0.717, 1.165) is 32.1 Å². The lowest BCUT2D eigenvalue weighted by molar-refractivity contribution is -0.336. The Balaban J connectivity index is 2.04. The van der Waals surface area contributed by atoms with Crippen LogP contribution in [0, 0.1) is 5.92 Å². The summed E-state index contributed by atoms with van der Waals surface area (Å²) in [5, 5.41) is 2.27. The first-order valence-corrected chi connectivity index (χ1v) is 13.9. The Morgan fingerprint density at radius 2 is 1.62 bits per heavy atom. The number of carbonyl (C=O) groups excluding carboxylic acids is 1. The molecule has 5 atom stereocenters. The molecule has 1 heterocycles. The summed E-state index contributed by atoms with van der Waals surface area (Å²) in [5.74, 6) is 0.146. The molecule has 4 nitrogen and oxygen atoms in total. The number of nitrogens with zero attached hydrogens (tertiary/aromatic N) is 1. The number of ether oxygens (including phenoxy) is 1. The molecule has 4 heteroatoms. The summed E-state index contributed by atoms with van der Waals surface area (Å²) in [5.41, 5.74) is 0.746. The van der Waals surface area contributed by atoms with E-state index in [-0.39, 0.29) is 35.2 Å². The molecule has 0 aromatic heterocycles. The number of piperidine rings is 1. The van der Waals surface area contributed by atoms with Crippen LogP contribution in [0.4, 0.5) is 0 Å². The van der Waals surface area contributed by atoms with Crippen LogP contribution in [-0.4, -0.2) is 28.2 Å². The molecular formula is C30H51NO3. The van der Waals surface area contributed by atoms with E-state index in [2.05, 4.69) is 77.8 Å². The molecule has 194 valence electrons. The molecule has 5 unspecified atom stereocenters. The number of carbonyl (C=O) groups is 1. The Morgan fingerprint density at radius 1 is 1.00 bits per heavy atom. The Hall–Kier alpha value is -1.39. The fraction of sp³-hybridized carbons (Fsp3) is 0.767. The van der Waals surface area contributed by atoms with E-state index in [1.54, 1.807) is 0 Å². The zero-order valence-electron chi connectivity index (χ0n) is 23.1. The van der Waals surface area contributed by atoms with E-state index in [0.29, 0.717) is 6.42 Å². The molecule has 0 radical (unpaired) electrons. The van der Waals surface area contributed by atoms with Gasteiger partial charge in [-0.15, -0.1) is 0 Å². The maximum Gasteiger partial charge on any atom is 0.306 e. The molecule has 0 spiro atoms. The minimum absolute atomic E-state index is 0.0330. The van der Waals surface area contributed by atoms with E-state index in [1.165, 1.54) is 37.7 Å². The van der Waals surface area contributed by atoms with Gasteiger partial charge in [-0.3, -0.25) is 9.63 Å². The molecule has 1 aliphatic heterocycles. The average Bonchev–Trinajstić information content (AvgIpc) is 2.85. The Labute approximate surface area is 209 Å². The van der Waals surface area contributed by atoms with Gasteiger partial charge < -0.3 is 4.74 Å². The highest BCUT2D eigenvalue weighted by Gasteiger charge is 2.55. The third-order valence-corrected chi connectivity index (χ3v) is 8.41. The second-order valence-electron chi connectivity index (χ2n) is 10.9. The lowest BCUT2D eigenvalue weighted by Gasteiger charge is -2.59. The van der Waals surface area contributed by atoms with Gasteiger partial charge in [0.2, 0.25) is 0 Å². The molecular weight excluding hydrogens is 422 g/mol. The van der Waals surface area contributed by atoms with Crippen LogP contribution in [-0.2, 0) is 14.4 Å². The third-order valence-electron chi connectivity index (χ3n) is 8.41. The minimum Gasteiger partial charge on any atom is -0.462 e. The zero-order chi connectivity index (χ0) is 25.2. The van der Waals surface area contributed by atoms with Crippen molar-refractivity contribution in [2.75, 3.05) is 0 Å². The largest absolute Gasteiger partial charge is 0.462 e. The van der Waals surface area contributed by atoms with Crippen LogP contribution >= 0.6 is 0 Å². The third kappa shape index (κ3) is 7.31. The molecule has 0 saturated carbocycles. The van der Waals surface area contributed by atoms with Gasteiger partial charge in [-0.2, -0.15) is 5.06 Å². The van der Waals surface area contributed by atoms with Gasteiger partial charge in [0.1, 0.15) is 12.2 Å². The predicted molar refractivity (Wildman–Crippen MR) is 141 cm³/mol. The van der Waals surface area contributed by atoms with Crippen LogP contribution < -0.4 is 0 Å². The number of hydrogen-bond donors (Lipinski definition) is 0. The standard InChI is InChI=1S/C30H51NO3/c1-8-11-12-13-14-15-19-22-28(32)33-27-23-29(6,9-2)31(30(7,10-3)24(27)4)34-25(5)26-20-17-16-18-21-26/h16-18,20-21,24-25,27H,8-15,19,22-23H2,1-7H3. The molecule has 2 rings (SSSR count). The molecule has 1 aromatic rings. The quantitative estimate of drug-likeness (QED) is 0.201. The van der Waals surface area contributed by atoms with Crippen molar-refractivity contribution in [2.45, 2.75) is 142 Å². The lowest BCUT2D eigenvalue weighted by atomic mass is 9.69. The van der Waals surface area contributed by atoms with Crippen molar-refractivity contribution in [1.82, 2.24) is 5.06 Å². The number of benzene rings is 1. The summed E-state index contributed by atoms with van der Waals surface area (Å²) < 4.78 is 6.16. The van der Waals surface area contributed by atoms with Crippen molar-refractivity contribution in [3.8, 4) is 0 Å². The SMILES string of the molecule is CCCCCCCCCC(=O)OC1CC(C)(CC)N(OC(C)c2ccccc2)C(C)(CC)C1C. The van der Waals surface area contributed by atoms with Crippen molar-refractivity contribution in [3.05, 3.63) is 35.9 Å². The summed E-state index contributed by atoms with van der Waals surface area (Å²) in [6, 6.07) is 10.4. The van der Waals surface area contributed by atoms with Crippen LogP contribution in [0.5, 0.6) is 0 Å². The molecule has 0 amide bonds. The molecule has 1 aromatic carbocycles. The smallest absolute Gasteiger partial charge is 0.306 e. The van der Waals surface area contributed by atoms with Crippen LogP contribution in [0.3, 0.4) is 0 Å². The van der Waals surface area contributed by atoms with Gasteiger partial charge >= 0.3 is 5.97 Å². The summed E-state index contributed by atoms with van der Waals surface area (Å²) in [6.45, 7) is 15.6. The van der Waals surface area contributed by atoms with Crippen molar-refractivity contribution in [2.24, 2.45) is 5.92 Å². The molecule has 1 saturated heterocycles. The van der Waals surface area contributed by atoms with Gasteiger partial charge in [0.25, 0.3) is 0 Å². The molecule has 0 N–H and O–H groups in total. The Kier molecular flexibility index (Phi) is 11.6. The Morgan fingerprint density at radius 3 is 2.21 bits per heavy atom. The monoisotopic (exact) mass is 473 g/mol. The summed E-state index contributed by atoms with van der Waals surface area (Å²) in [7, 11) is 0. The first-order chi connectivity index (χ1) is 16.2. The highest BCUT2D eigenvalue weighted by Crippen LogP contribution is 2.48. The normalized spacial score (nSPS) is 28.6. The van der Waals surface area contributed by atoms with Crippen molar-refractivity contribution >= 4 is 5.97 Å². The maximum atomic E-state index is 12.8. The maximum absolute atomic E-state index is 12.8. The fourth-order valence-corrected chi connectivity index (χ4v) is 5.44. The summed E-state index contributed by atoms with van der Waals surface area (Å²) in [4.78, 5) is 19.5. The second kappa shape index (κ2) is 13.6. The number of esters is 1. The highest BCUT2D eigenvalue weighted by atomic mass is 16.7. The van der Waals surface area contributed by atoms with Gasteiger partial charge in [-0.25, -0.2) is 0 Å². The first kappa shape index (κ1) is 28.8. The van der Waals surface area contributed by atoms with Gasteiger partial charge in [0, 0.05) is 29.8 Å². The van der Waals surface area contributed by atoms with Crippen LogP contribution in [0.15, 0.2) is 30.3 Å². The van der Waals surface area contributed by atoms with Gasteiger partial charge in [-0.1, -0.05) is 96.6 Å². The predicted octanol–water partition coefficient (Wildman–Crippen LogP) is 8.41. The van der Waals surface area contributed by atoms with E-state index in [1.807, 2.05) is 6.07 Å². The van der Waals surface area contributed by atoms with Gasteiger partial charge in [0.05, 0.1) is 0 Å². The molecule has 0 aliphatic carbocycles. The van der Waals surface area contributed by atoms with Crippen molar-refractivity contribution in [1.29, 1.82) is 0 Å². The number of unbranched alkanes of at least 4 members (excludes halogenated alkanes) is 6. The van der Waals surface area contributed by atoms with Crippen molar-refractivity contribution < 1.29 is 14.4 Å². The van der Waals surface area contributed by atoms with Crippen LogP contribution in [0.25, 0.3) is 0 Å². The minimum atomic E-state index is -0.226. The molecule has 34 heavy (non-hydrogen) atoms. The Bertz CT molecular complexity index is 723. The second-order valence-corrected chi connectivity index (χ2v) is 10.9. The van der Waals surface area contributed by atoms with Gasteiger partial charge in [0.15, 0.2) is 0 Å². The summed E-state index contributed by atoms with van der Waals surface area (Å²) >= 11 is 0. The van der Waals surface area contributed by atoms with Gasteiger partial charge in [-0.05, 0) is 45.6 Å². The lowest BCUT2D eigenvalue weighted by Crippen LogP contribution is -2.68. The molecule has 0 bridgehead atoms. The van der Waals surface area contributed by atoms with E-state index in [4.69, 9.17) is 9.57 Å². The first-order valence-electron chi connectivity index (χ1n) is 13.9. The number of hydrogen-bond acceptors (Lipinski definition) is 4. The van der Waals surface area contributed by atoms with Crippen LogP contribution in [0.1, 0.15) is 131 Å². The topological polar surface area (TPSA) is 38.8 Å². The summed E-state index contributed by atoms with van der Waals surface area (Å²) in [6.07, 6.45) is 11.5. The molecule has 1 aliphatic rings. The fourth-order valence-electron chi connectivity index (χ4n) is 5.44. The van der Waals surface area contributed by atoms with E-state index in [9.17, 15) is 4.79 Å². The van der Waals surface area contributed by atoms with E-state index >= 15 is 0 Å². The van der Waals surface area contributed by atoms with Crippen molar-refractivity contribution in [3.63, 3.8) is 0 Å². The number of hydroxylamine groups is 2.